The van der Waals surface area contributed by atoms with E-state index in [0.717, 1.165) is 28.1 Å². The number of hydrogen-bond donors (Lipinski definition) is 4. The van der Waals surface area contributed by atoms with E-state index in [9.17, 15) is 29.3 Å². The minimum atomic E-state index is -1.04. The maximum absolute atomic E-state index is 13.8. The highest BCUT2D eigenvalue weighted by atomic mass is 19.1. The first-order chi connectivity index (χ1) is 21.5. The van der Waals surface area contributed by atoms with Crippen molar-refractivity contribution >= 4 is 17.6 Å². The van der Waals surface area contributed by atoms with E-state index in [1.54, 1.807) is 36.4 Å². The van der Waals surface area contributed by atoms with Crippen molar-refractivity contribution in [3.05, 3.63) is 101 Å². The van der Waals surface area contributed by atoms with E-state index in [4.69, 9.17) is 0 Å². The molecule has 0 aliphatic carbocycles. The maximum Gasteiger partial charge on any atom is 0.308 e. The summed E-state index contributed by atoms with van der Waals surface area (Å²) in [7, 11) is 1.24. The number of methoxy groups -OCH3 is 1. The van der Waals surface area contributed by atoms with Crippen molar-refractivity contribution in [3.63, 3.8) is 0 Å². The number of rotatable bonds is 13. The number of halogens is 1. The van der Waals surface area contributed by atoms with Gasteiger partial charge in [-0.05, 0) is 92.6 Å². The molecular formula is C36H47FN2O6. The van der Waals surface area contributed by atoms with Gasteiger partial charge in [-0.2, -0.15) is 0 Å². The van der Waals surface area contributed by atoms with Crippen LogP contribution in [0.1, 0.15) is 80.1 Å². The van der Waals surface area contributed by atoms with Gasteiger partial charge in [0.05, 0.1) is 43.6 Å². The Morgan fingerprint density at radius 2 is 1.58 bits per heavy atom. The zero-order chi connectivity index (χ0) is 33.5. The molecule has 0 aliphatic rings. The fourth-order valence-electron chi connectivity index (χ4n) is 5.05. The minimum Gasteiger partial charge on any atom is -0.469 e. The molecule has 45 heavy (non-hydrogen) atoms. The molecule has 244 valence electrons. The van der Waals surface area contributed by atoms with E-state index >= 15 is 0 Å². The van der Waals surface area contributed by atoms with Crippen molar-refractivity contribution in [2.45, 2.75) is 85.2 Å². The summed E-state index contributed by atoms with van der Waals surface area (Å²) in [6.45, 7) is 10.0. The fourth-order valence-corrected chi connectivity index (χ4v) is 5.05. The third-order valence-electron chi connectivity index (χ3n) is 7.19. The molecule has 0 spiro atoms. The van der Waals surface area contributed by atoms with E-state index in [1.807, 2.05) is 63.5 Å². The molecule has 2 aromatic carbocycles. The maximum atomic E-state index is 13.8. The number of anilines is 1. The van der Waals surface area contributed by atoms with E-state index in [1.165, 1.54) is 19.2 Å². The van der Waals surface area contributed by atoms with Crippen LogP contribution < -0.4 is 5.32 Å². The number of hydrogen-bond acceptors (Lipinski definition) is 6. The van der Waals surface area contributed by atoms with Crippen molar-refractivity contribution < 1.29 is 34.0 Å². The molecule has 0 fully saturated rings. The quantitative estimate of drug-likeness (QED) is 0.125. The Hall–Kier alpha value is -4.05. The number of allylic oxidation sites excluding steroid dienone is 4. The largest absolute Gasteiger partial charge is 0.469 e. The van der Waals surface area contributed by atoms with Crippen molar-refractivity contribution in [1.29, 1.82) is 0 Å². The Bertz CT molecular complexity index is 1420. The van der Waals surface area contributed by atoms with Crippen LogP contribution >= 0.6 is 0 Å². The molecule has 9 heteroatoms. The summed E-state index contributed by atoms with van der Waals surface area (Å²) < 4.78 is 20.3. The number of amides is 1. The first kappa shape index (κ1) is 37.1. The van der Waals surface area contributed by atoms with E-state index < -0.39 is 18.2 Å². The van der Waals surface area contributed by atoms with Crippen molar-refractivity contribution in [3.8, 4) is 11.3 Å². The molecule has 0 radical (unpaired) electrons. The number of esters is 1. The average Bonchev–Trinajstić information content (AvgIpc) is 3.32. The zero-order valence-corrected chi connectivity index (χ0v) is 27.1. The molecule has 8 nitrogen and oxygen atoms in total. The molecule has 1 heterocycles. The summed E-state index contributed by atoms with van der Waals surface area (Å²) in [5.41, 5.74) is 4.75. The zero-order valence-electron chi connectivity index (χ0n) is 27.1. The van der Waals surface area contributed by atoms with Gasteiger partial charge in [-0.25, -0.2) is 4.39 Å². The Morgan fingerprint density at radius 1 is 0.978 bits per heavy atom. The van der Waals surface area contributed by atoms with Crippen LogP contribution in [0, 0.1) is 12.7 Å². The van der Waals surface area contributed by atoms with Crippen LogP contribution in [-0.4, -0.2) is 51.1 Å². The number of ether oxygens (including phenoxy) is 1. The number of nitrogens with one attached hydrogen (secondary N) is 1. The monoisotopic (exact) mass is 622 g/mol. The Labute approximate surface area is 265 Å². The lowest BCUT2D eigenvalue weighted by Crippen LogP contribution is -2.23. The van der Waals surface area contributed by atoms with Gasteiger partial charge < -0.3 is 29.9 Å². The number of nitrogens with zero attached hydrogens (tertiary/aromatic N) is 1. The van der Waals surface area contributed by atoms with Crippen molar-refractivity contribution in [2.24, 2.45) is 0 Å². The first-order valence-electron chi connectivity index (χ1n) is 15.1. The van der Waals surface area contributed by atoms with Gasteiger partial charge in [0.25, 0.3) is 5.91 Å². The van der Waals surface area contributed by atoms with Gasteiger partial charge >= 0.3 is 5.97 Å². The predicted molar refractivity (Wildman–Crippen MR) is 176 cm³/mol. The lowest BCUT2D eigenvalue weighted by Gasteiger charge is -2.20. The Balaban J connectivity index is 0.00000107. The average molecular weight is 623 g/mol. The Morgan fingerprint density at radius 3 is 2.09 bits per heavy atom. The number of aliphatic hydroxyl groups is 3. The molecule has 3 rings (SSSR count). The summed E-state index contributed by atoms with van der Waals surface area (Å²) in [6.07, 6.45) is 6.09. The Kier molecular flexibility index (Phi) is 15.4. The van der Waals surface area contributed by atoms with Gasteiger partial charge in [0.15, 0.2) is 0 Å². The summed E-state index contributed by atoms with van der Waals surface area (Å²) in [6, 6.07) is 13.0. The molecule has 2 unspecified atom stereocenters. The molecular weight excluding hydrogens is 575 g/mol. The second-order valence-corrected chi connectivity index (χ2v) is 11.0. The smallest absolute Gasteiger partial charge is 0.308 e. The van der Waals surface area contributed by atoms with Crippen LogP contribution in [0.15, 0.2) is 72.8 Å². The molecule has 0 saturated heterocycles. The first-order valence-corrected chi connectivity index (χ1v) is 15.1. The van der Waals surface area contributed by atoms with Gasteiger partial charge in [-0.1, -0.05) is 50.3 Å². The molecule has 0 bridgehead atoms. The molecule has 3 aromatic rings. The van der Waals surface area contributed by atoms with E-state index in [-0.39, 0.29) is 43.5 Å². The van der Waals surface area contributed by atoms with Crippen LogP contribution in [0.3, 0.4) is 0 Å². The number of aliphatic hydroxyl groups excluding tert-OH is 3. The summed E-state index contributed by atoms with van der Waals surface area (Å²) in [5, 5.41) is 33.0. The highest BCUT2D eigenvalue weighted by Crippen LogP contribution is 2.36. The lowest BCUT2D eigenvalue weighted by molar-refractivity contribution is -0.143. The van der Waals surface area contributed by atoms with E-state index in [0.29, 0.717) is 17.8 Å². The number of benzene rings is 2. The normalized spacial score (nSPS) is 12.7. The van der Waals surface area contributed by atoms with Gasteiger partial charge in [-0.3, -0.25) is 9.59 Å². The van der Waals surface area contributed by atoms with Crippen LogP contribution in [-0.2, 0) is 22.7 Å². The highest BCUT2D eigenvalue weighted by molar-refractivity contribution is 6.07. The summed E-state index contributed by atoms with van der Waals surface area (Å²) in [5.74, 6) is -1.31. The van der Waals surface area contributed by atoms with Gasteiger partial charge in [-0.15, -0.1) is 0 Å². The third-order valence-corrected chi connectivity index (χ3v) is 7.19. The van der Waals surface area contributed by atoms with E-state index in [2.05, 4.69) is 10.1 Å². The van der Waals surface area contributed by atoms with Crippen LogP contribution in [0.2, 0.25) is 0 Å². The van der Waals surface area contributed by atoms with Crippen molar-refractivity contribution in [1.82, 2.24) is 4.57 Å². The molecule has 1 aromatic heterocycles. The summed E-state index contributed by atoms with van der Waals surface area (Å²) in [4.78, 5) is 25.1. The van der Waals surface area contributed by atoms with Gasteiger partial charge in [0.2, 0.25) is 0 Å². The van der Waals surface area contributed by atoms with Crippen LogP contribution in [0.5, 0.6) is 0 Å². The summed E-state index contributed by atoms with van der Waals surface area (Å²) >= 11 is 0. The minimum absolute atomic E-state index is 0.00454. The number of aromatic nitrogens is 1. The molecule has 1 amide bonds. The second-order valence-electron chi connectivity index (χ2n) is 11.0. The van der Waals surface area contributed by atoms with Crippen molar-refractivity contribution in [2.75, 3.05) is 12.4 Å². The third kappa shape index (κ3) is 11.1. The SMILES string of the molecule is C/C=C\C=C/C.COC(=O)CC(O)CC(O)CCn1c(-c2ccc(F)cc2)c(C)c(C(=O)Nc2ccc(CO)cc2)c1C(C)C. The topological polar surface area (TPSA) is 121 Å². The molecule has 0 saturated carbocycles. The standard InChI is InChI=1S/C30H37FN2O6.C6H10/c1-18(2)28-27(30(38)32-23-11-5-20(17-34)6-12-23)19(3)29(21-7-9-22(31)10-8-21)33(28)14-13-24(35)15-25(36)16-26(37)39-4;1-3-5-6-4-2/h5-12,18,24-25,34-36H,13-17H2,1-4H3,(H,32,38);3-6H,1-2H3/b;5-3-,6-4-. The molecule has 0 aliphatic heterocycles. The second kappa shape index (κ2) is 18.7. The molecule has 4 N–H and O–H groups in total. The lowest BCUT2D eigenvalue weighted by atomic mass is 10.0. The van der Waals surface area contributed by atoms with Gasteiger partial charge in [0, 0.05) is 17.9 Å². The van der Waals surface area contributed by atoms with Crippen LogP contribution in [0.25, 0.3) is 11.3 Å². The molecule has 2 atom stereocenters. The number of carbonyl (C=O) groups is 2. The van der Waals surface area contributed by atoms with Crippen LogP contribution in [0.4, 0.5) is 10.1 Å². The number of carbonyl (C=O) groups excluding carboxylic acids is 2. The highest BCUT2D eigenvalue weighted by Gasteiger charge is 2.28. The fraction of sp³-hybridized carbons (Fsp3) is 0.389. The predicted octanol–water partition coefficient (Wildman–Crippen LogP) is 6.67. The van der Waals surface area contributed by atoms with Gasteiger partial charge in [0.1, 0.15) is 5.82 Å².